The largest absolute Gasteiger partial charge is 0.372 e. The Bertz CT molecular complexity index is 857. The van der Waals surface area contributed by atoms with Gasteiger partial charge in [0, 0.05) is 37.1 Å². The molecule has 150 valence electrons. The molecule has 0 unspecified atom stereocenters. The number of hydrogen-bond acceptors (Lipinski definition) is 3. The molecule has 0 aliphatic rings. The fourth-order valence-corrected chi connectivity index (χ4v) is 3.26. The molecule has 5 heteroatoms. The second-order valence-electron chi connectivity index (χ2n) is 7.10. The van der Waals surface area contributed by atoms with Gasteiger partial charge in [-0.1, -0.05) is 6.07 Å². The van der Waals surface area contributed by atoms with Crippen molar-refractivity contribution >= 4 is 28.9 Å². The Morgan fingerprint density at radius 2 is 1.57 bits per heavy atom. The molecule has 2 aromatic carbocycles. The molecule has 0 fully saturated rings. The van der Waals surface area contributed by atoms with E-state index in [1.807, 2.05) is 51.1 Å². The van der Waals surface area contributed by atoms with E-state index in [9.17, 15) is 9.59 Å². The molecule has 2 rings (SSSR count). The molecule has 2 aromatic rings. The maximum absolute atomic E-state index is 12.6. The molecule has 28 heavy (non-hydrogen) atoms. The lowest BCUT2D eigenvalue weighted by molar-refractivity contribution is -0.120. The molecule has 0 aliphatic heterocycles. The molecule has 0 bridgehead atoms. The monoisotopic (exact) mass is 381 g/mol. The summed E-state index contributed by atoms with van der Waals surface area (Å²) in [5.74, 6) is -0.375. The van der Waals surface area contributed by atoms with E-state index in [-0.39, 0.29) is 18.4 Å². The Kier molecular flexibility index (Phi) is 7.21. The molecule has 1 N–H and O–H groups in total. The Morgan fingerprint density at radius 3 is 2.11 bits per heavy atom. The van der Waals surface area contributed by atoms with E-state index in [0.717, 1.165) is 41.3 Å². The number of carbonyl (C=O) groups is 2. The summed E-state index contributed by atoms with van der Waals surface area (Å²) in [4.78, 5) is 28.6. The van der Waals surface area contributed by atoms with Crippen molar-refractivity contribution in [2.75, 3.05) is 34.8 Å². The van der Waals surface area contributed by atoms with Crippen LogP contribution in [-0.2, 0) is 9.59 Å². The number of rotatable bonds is 7. The normalized spacial score (nSPS) is 10.5. The summed E-state index contributed by atoms with van der Waals surface area (Å²) in [6.07, 6.45) is 0. The van der Waals surface area contributed by atoms with Gasteiger partial charge in [0.2, 0.25) is 11.8 Å². The predicted octanol–water partition coefficient (Wildman–Crippen LogP) is 4.45. The second-order valence-corrected chi connectivity index (χ2v) is 7.10. The minimum Gasteiger partial charge on any atom is -0.372 e. The summed E-state index contributed by atoms with van der Waals surface area (Å²) in [6.45, 7) is 13.6. The van der Waals surface area contributed by atoms with Gasteiger partial charge in [0.05, 0.1) is 0 Å². The Labute approximate surface area is 168 Å². The van der Waals surface area contributed by atoms with Crippen molar-refractivity contribution in [1.82, 2.24) is 0 Å². The third-order valence-electron chi connectivity index (χ3n) is 5.07. The highest BCUT2D eigenvalue weighted by Gasteiger charge is 2.18. The third kappa shape index (κ3) is 5.12. The smallest absolute Gasteiger partial charge is 0.244 e. The fraction of sp³-hybridized carbons (Fsp3) is 0.391. The quantitative estimate of drug-likeness (QED) is 0.771. The zero-order valence-corrected chi connectivity index (χ0v) is 17.8. The topological polar surface area (TPSA) is 52.6 Å². The molecule has 0 aliphatic carbocycles. The first-order valence-corrected chi connectivity index (χ1v) is 9.77. The van der Waals surface area contributed by atoms with E-state index in [0.29, 0.717) is 0 Å². The first-order chi connectivity index (χ1) is 13.3. The van der Waals surface area contributed by atoms with E-state index in [1.165, 1.54) is 17.4 Å². The van der Waals surface area contributed by atoms with Gasteiger partial charge in [-0.05, 0) is 81.6 Å². The van der Waals surface area contributed by atoms with Crippen LogP contribution in [-0.4, -0.2) is 31.4 Å². The van der Waals surface area contributed by atoms with Crippen LogP contribution in [0.5, 0.6) is 0 Å². The van der Waals surface area contributed by atoms with Gasteiger partial charge in [0.25, 0.3) is 0 Å². The van der Waals surface area contributed by atoms with Crippen LogP contribution in [0.1, 0.15) is 37.5 Å². The van der Waals surface area contributed by atoms with Crippen molar-refractivity contribution in [1.29, 1.82) is 0 Å². The van der Waals surface area contributed by atoms with Gasteiger partial charge in [-0.15, -0.1) is 0 Å². The van der Waals surface area contributed by atoms with E-state index in [1.54, 1.807) is 0 Å². The van der Waals surface area contributed by atoms with Gasteiger partial charge in [0.15, 0.2) is 0 Å². The Hall–Kier alpha value is -2.82. The van der Waals surface area contributed by atoms with Crippen LogP contribution in [0.15, 0.2) is 36.4 Å². The molecule has 0 spiro atoms. The van der Waals surface area contributed by atoms with Crippen LogP contribution in [0.2, 0.25) is 0 Å². The molecule has 2 amide bonds. The highest BCUT2D eigenvalue weighted by molar-refractivity contribution is 6.02. The van der Waals surface area contributed by atoms with Gasteiger partial charge in [-0.3, -0.25) is 9.59 Å². The standard InChI is InChI=1S/C23H31N3O2/c1-7-25(8-2)21-11-12-22(18(5)14-21)26(19(6)27)15-23(28)24-20-10-9-16(3)17(4)13-20/h9-14H,7-8,15H2,1-6H3,(H,24,28). The number of nitrogens with zero attached hydrogens (tertiary/aromatic N) is 2. The minimum absolute atomic E-state index is 0.0201. The van der Waals surface area contributed by atoms with Crippen LogP contribution >= 0.6 is 0 Å². The van der Waals surface area contributed by atoms with Crippen molar-refractivity contribution in [3.63, 3.8) is 0 Å². The van der Waals surface area contributed by atoms with Crippen molar-refractivity contribution < 1.29 is 9.59 Å². The lowest BCUT2D eigenvalue weighted by Crippen LogP contribution is -2.37. The van der Waals surface area contributed by atoms with Gasteiger partial charge in [-0.2, -0.15) is 0 Å². The Balaban J connectivity index is 2.19. The van der Waals surface area contributed by atoms with Crippen molar-refractivity contribution in [3.05, 3.63) is 53.1 Å². The number of anilines is 3. The third-order valence-corrected chi connectivity index (χ3v) is 5.07. The molecular weight excluding hydrogens is 350 g/mol. The second kappa shape index (κ2) is 9.40. The van der Waals surface area contributed by atoms with Crippen LogP contribution in [0.25, 0.3) is 0 Å². The minimum atomic E-state index is -0.217. The summed E-state index contributed by atoms with van der Waals surface area (Å²) in [5, 5.41) is 2.89. The number of benzene rings is 2. The predicted molar refractivity (Wildman–Crippen MR) is 117 cm³/mol. The van der Waals surface area contributed by atoms with E-state index >= 15 is 0 Å². The molecule has 0 saturated carbocycles. The lowest BCUT2D eigenvalue weighted by Gasteiger charge is -2.26. The molecule has 0 atom stereocenters. The zero-order chi connectivity index (χ0) is 20.8. The zero-order valence-electron chi connectivity index (χ0n) is 17.8. The Morgan fingerprint density at radius 1 is 0.893 bits per heavy atom. The van der Waals surface area contributed by atoms with E-state index in [4.69, 9.17) is 0 Å². The molecule has 0 aromatic heterocycles. The van der Waals surface area contributed by atoms with Gasteiger partial charge in [0.1, 0.15) is 6.54 Å². The van der Waals surface area contributed by atoms with Crippen LogP contribution in [0, 0.1) is 20.8 Å². The summed E-state index contributed by atoms with van der Waals surface area (Å²) < 4.78 is 0. The number of carbonyl (C=O) groups excluding carboxylic acids is 2. The van der Waals surface area contributed by atoms with Gasteiger partial charge < -0.3 is 15.1 Å². The maximum atomic E-state index is 12.6. The summed E-state index contributed by atoms with van der Waals surface area (Å²) >= 11 is 0. The average molecular weight is 382 g/mol. The molecular formula is C23H31N3O2. The lowest BCUT2D eigenvalue weighted by atomic mass is 10.1. The number of nitrogens with one attached hydrogen (secondary N) is 1. The molecule has 0 radical (unpaired) electrons. The van der Waals surface area contributed by atoms with Crippen LogP contribution in [0.4, 0.5) is 17.1 Å². The van der Waals surface area contributed by atoms with Gasteiger partial charge >= 0.3 is 0 Å². The van der Waals surface area contributed by atoms with Crippen molar-refractivity contribution in [3.8, 4) is 0 Å². The first-order valence-electron chi connectivity index (χ1n) is 9.77. The van der Waals surface area contributed by atoms with E-state index < -0.39 is 0 Å². The SMILES string of the molecule is CCN(CC)c1ccc(N(CC(=O)Nc2ccc(C)c(C)c2)C(C)=O)c(C)c1. The maximum Gasteiger partial charge on any atom is 0.244 e. The number of aryl methyl sites for hydroxylation is 3. The summed E-state index contributed by atoms with van der Waals surface area (Å²) in [5.41, 5.74) is 5.88. The fourth-order valence-electron chi connectivity index (χ4n) is 3.26. The van der Waals surface area contributed by atoms with Crippen molar-refractivity contribution in [2.24, 2.45) is 0 Å². The highest BCUT2D eigenvalue weighted by atomic mass is 16.2. The summed E-state index contributed by atoms with van der Waals surface area (Å²) in [6, 6.07) is 11.8. The average Bonchev–Trinajstić information content (AvgIpc) is 2.64. The highest BCUT2D eigenvalue weighted by Crippen LogP contribution is 2.26. The van der Waals surface area contributed by atoms with E-state index in [2.05, 4.69) is 30.1 Å². The van der Waals surface area contributed by atoms with Gasteiger partial charge in [-0.25, -0.2) is 0 Å². The summed E-state index contributed by atoms with van der Waals surface area (Å²) in [7, 11) is 0. The molecule has 5 nitrogen and oxygen atoms in total. The number of hydrogen-bond donors (Lipinski definition) is 1. The van der Waals surface area contributed by atoms with Crippen LogP contribution in [0.3, 0.4) is 0 Å². The van der Waals surface area contributed by atoms with Crippen molar-refractivity contribution in [2.45, 2.75) is 41.5 Å². The molecule has 0 saturated heterocycles. The van der Waals surface area contributed by atoms with Crippen LogP contribution < -0.4 is 15.1 Å². The molecule has 0 heterocycles. The first kappa shape index (κ1) is 21.5. The number of amides is 2.